The molecule has 0 amide bonds. The SMILES string of the molecule is CC.CC.Cc1cccn1C(=O)OC(C)(C)C. The Morgan fingerprint density at radius 2 is 1.65 bits per heavy atom. The molecule has 0 radical (unpaired) electrons. The van der Waals surface area contributed by atoms with Crippen LogP contribution in [0.4, 0.5) is 4.79 Å². The highest BCUT2D eigenvalue weighted by atomic mass is 16.6. The highest BCUT2D eigenvalue weighted by Crippen LogP contribution is 2.10. The Kier molecular flexibility index (Phi) is 9.44. The quantitative estimate of drug-likeness (QED) is 0.663. The Hall–Kier alpha value is -1.25. The van der Waals surface area contributed by atoms with E-state index in [9.17, 15) is 4.79 Å². The van der Waals surface area contributed by atoms with Gasteiger partial charge in [-0.25, -0.2) is 4.79 Å². The van der Waals surface area contributed by atoms with Crippen LogP contribution >= 0.6 is 0 Å². The lowest BCUT2D eigenvalue weighted by molar-refractivity contribution is 0.0534. The van der Waals surface area contributed by atoms with Crippen molar-refractivity contribution in [2.45, 2.75) is 61.0 Å². The topological polar surface area (TPSA) is 31.2 Å². The van der Waals surface area contributed by atoms with Crippen molar-refractivity contribution in [3.05, 3.63) is 24.0 Å². The van der Waals surface area contributed by atoms with Gasteiger partial charge in [-0.05, 0) is 39.8 Å². The van der Waals surface area contributed by atoms with Crippen LogP contribution in [0.25, 0.3) is 0 Å². The molecule has 0 saturated carbocycles. The number of aryl methyl sites for hydroxylation is 1. The molecule has 0 aromatic carbocycles. The van der Waals surface area contributed by atoms with E-state index in [2.05, 4.69) is 0 Å². The molecule has 0 aliphatic heterocycles. The normalized spacial score (nSPS) is 9.41. The zero-order valence-electron chi connectivity index (χ0n) is 12.5. The zero-order chi connectivity index (χ0) is 14.1. The van der Waals surface area contributed by atoms with Crippen LogP contribution in [0, 0.1) is 6.92 Å². The van der Waals surface area contributed by atoms with Gasteiger partial charge in [-0.2, -0.15) is 0 Å². The zero-order valence-corrected chi connectivity index (χ0v) is 12.5. The van der Waals surface area contributed by atoms with E-state index >= 15 is 0 Å². The third kappa shape index (κ3) is 7.61. The van der Waals surface area contributed by atoms with Crippen LogP contribution in [-0.4, -0.2) is 16.3 Å². The van der Waals surface area contributed by atoms with Gasteiger partial charge in [0, 0.05) is 11.9 Å². The highest BCUT2D eigenvalue weighted by molar-refractivity contribution is 5.71. The van der Waals surface area contributed by atoms with Crippen molar-refractivity contribution in [3.8, 4) is 0 Å². The number of rotatable bonds is 0. The molecule has 1 aromatic heterocycles. The van der Waals surface area contributed by atoms with Gasteiger partial charge < -0.3 is 4.74 Å². The molecule has 0 aliphatic rings. The standard InChI is InChI=1S/C10H15NO2.2C2H6/c1-8-6-5-7-11(8)9(12)13-10(2,3)4;2*1-2/h5-7H,1-4H3;2*1-2H3. The second-order valence-electron chi connectivity index (χ2n) is 4.00. The number of aromatic nitrogens is 1. The predicted octanol–water partition coefficient (Wildman–Crippen LogP) is 4.63. The molecule has 3 nitrogen and oxygen atoms in total. The molecular formula is C14H27NO2. The Morgan fingerprint density at radius 1 is 1.18 bits per heavy atom. The molecule has 0 atom stereocenters. The summed E-state index contributed by atoms with van der Waals surface area (Å²) in [5, 5.41) is 0. The van der Waals surface area contributed by atoms with Gasteiger partial charge in [-0.3, -0.25) is 4.57 Å². The van der Waals surface area contributed by atoms with Gasteiger partial charge in [-0.1, -0.05) is 27.7 Å². The first-order valence-corrected chi connectivity index (χ1v) is 6.27. The van der Waals surface area contributed by atoms with Gasteiger partial charge >= 0.3 is 6.09 Å². The van der Waals surface area contributed by atoms with Crippen molar-refractivity contribution in [1.29, 1.82) is 0 Å². The van der Waals surface area contributed by atoms with Crippen LogP contribution in [0.2, 0.25) is 0 Å². The number of hydrogen-bond donors (Lipinski definition) is 0. The van der Waals surface area contributed by atoms with Crippen molar-refractivity contribution in [1.82, 2.24) is 4.57 Å². The van der Waals surface area contributed by atoms with E-state index in [1.807, 2.05) is 67.5 Å². The minimum atomic E-state index is -0.437. The summed E-state index contributed by atoms with van der Waals surface area (Å²) in [6.45, 7) is 15.4. The summed E-state index contributed by atoms with van der Waals surface area (Å²) in [4.78, 5) is 11.5. The summed E-state index contributed by atoms with van der Waals surface area (Å²) in [6.07, 6.45) is 1.37. The minimum absolute atomic E-state index is 0.324. The summed E-state index contributed by atoms with van der Waals surface area (Å²) in [5.74, 6) is 0. The number of carbonyl (C=O) groups excluding carboxylic acids is 1. The fourth-order valence-corrected chi connectivity index (χ4v) is 0.982. The van der Waals surface area contributed by atoms with Crippen molar-refractivity contribution in [2.24, 2.45) is 0 Å². The van der Waals surface area contributed by atoms with E-state index in [0.717, 1.165) is 5.69 Å². The average Bonchev–Trinajstić information content (AvgIpc) is 2.68. The molecular weight excluding hydrogens is 214 g/mol. The highest BCUT2D eigenvalue weighted by Gasteiger charge is 2.17. The van der Waals surface area contributed by atoms with Crippen LogP contribution in [0.5, 0.6) is 0 Å². The molecule has 0 N–H and O–H groups in total. The average molecular weight is 241 g/mol. The van der Waals surface area contributed by atoms with E-state index < -0.39 is 5.60 Å². The smallest absolute Gasteiger partial charge is 0.418 e. The van der Waals surface area contributed by atoms with Crippen LogP contribution in [0.1, 0.15) is 54.2 Å². The molecule has 0 fully saturated rings. The van der Waals surface area contributed by atoms with Gasteiger partial charge in [0.25, 0.3) is 0 Å². The van der Waals surface area contributed by atoms with Gasteiger partial charge in [0.1, 0.15) is 5.60 Å². The Balaban J connectivity index is 0. The van der Waals surface area contributed by atoms with Gasteiger partial charge in [-0.15, -0.1) is 0 Å². The lowest BCUT2D eigenvalue weighted by atomic mass is 10.2. The maximum Gasteiger partial charge on any atom is 0.418 e. The predicted molar refractivity (Wildman–Crippen MR) is 73.5 cm³/mol. The largest absolute Gasteiger partial charge is 0.443 e. The maximum atomic E-state index is 11.5. The molecule has 0 aliphatic carbocycles. The third-order valence-electron chi connectivity index (χ3n) is 1.54. The second kappa shape index (κ2) is 8.85. The maximum absolute atomic E-state index is 11.5. The van der Waals surface area contributed by atoms with E-state index in [-0.39, 0.29) is 6.09 Å². The van der Waals surface area contributed by atoms with E-state index in [1.54, 1.807) is 6.20 Å². The first-order chi connectivity index (χ1) is 7.90. The summed E-state index contributed by atoms with van der Waals surface area (Å²) in [5.41, 5.74) is 0.447. The summed E-state index contributed by atoms with van der Waals surface area (Å²) < 4.78 is 6.68. The van der Waals surface area contributed by atoms with E-state index in [0.29, 0.717) is 0 Å². The minimum Gasteiger partial charge on any atom is -0.443 e. The van der Waals surface area contributed by atoms with Crippen LogP contribution < -0.4 is 0 Å². The first kappa shape index (κ1) is 18.1. The summed E-state index contributed by atoms with van der Waals surface area (Å²) in [6, 6.07) is 3.68. The first-order valence-electron chi connectivity index (χ1n) is 6.27. The molecule has 3 heteroatoms. The number of carbonyl (C=O) groups is 1. The third-order valence-corrected chi connectivity index (χ3v) is 1.54. The molecule has 100 valence electrons. The fraction of sp³-hybridized carbons (Fsp3) is 0.643. The van der Waals surface area contributed by atoms with Crippen LogP contribution in [-0.2, 0) is 4.74 Å². The second-order valence-corrected chi connectivity index (χ2v) is 4.00. The summed E-state index contributed by atoms with van der Waals surface area (Å²) >= 11 is 0. The molecule has 1 heterocycles. The lowest BCUT2D eigenvalue weighted by Crippen LogP contribution is -2.27. The van der Waals surface area contributed by atoms with Gasteiger partial charge in [0.05, 0.1) is 0 Å². The Morgan fingerprint density at radius 3 is 1.94 bits per heavy atom. The van der Waals surface area contributed by atoms with Crippen molar-refractivity contribution in [3.63, 3.8) is 0 Å². The molecule has 0 spiro atoms. The molecule has 1 aromatic rings. The van der Waals surface area contributed by atoms with Gasteiger partial charge in [0.2, 0.25) is 0 Å². The van der Waals surface area contributed by atoms with Crippen LogP contribution in [0.15, 0.2) is 18.3 Å². The van der Waals surface area contributed by atoms with E-state index in [1.165, 1.54) is 4.57 Å². The number of ether oxygens (including phenoxy) is 1. The molecule has 17 heavy (non-hydrogen) atoms. The number of nitrogens with zero attached hydrogens (tertiary/aromatic N) is 1. The lowest BCUT2D eigenvalue weighted by Gasteiger charge is -2.19. The Bertz CT molecular complexity index is 308. The number of hydrogen-bond acceptors (Lipinski definition) is 2. The van der Waals surface area contributed by atoms with Crippen molar-refractivity contribution < 1.29 is 9.53 Å². The van der Waals surface area contributed by atoms with Crippen molar-refractivity contribution in [2.75, 3.05) is 0 Å². The molecule has 0 saturated heterocycles. The fourth-order valence-electron chi connectivity index (χ4n) is 0.982. The molecule has 0 bridgehead atoms. The summed E-state index contributed by atoms with van der Waals surface area (Å²) in [7, 11) is 0. The van der Waals surface area contributed by atoms with Gasteiger partial charge in [0.15, 0.2) is 0 Å². The van der Waals surface area contributed by atoms with E-state index in [4.69, 9.17) is 4.74 Å². The monoisotopic (exact) mass is 241 g/mol. The molecule has 1 rings (SSSR count). The Labute approximate surface area is 106 Å². The van der Waals surface area contributed by atoms with Crippen LogP contribution in [0.3, 0.4) is 0 Å². The van der Waals surface area contributed by atoms with Crippen molar-refractivity contribution >= 4 is 6.09 Å². The molecule has 0 unspecified atom stereocenters.